The van der Waals surface area contributed by atoms with E-state index in [2.05, 4.69) is 4.90 Å². The van der Waals surface area contributed by atoms with Crippen molar-refractivity contribution >= 4 is 11.8 Å². The summed E-state index contributed by atoms with van der Waals surface area (Å²) in [6.07, 6.45) is -0.565. The molecule has 0 aromatic heterocycles. The van der Waals surface area contributed by atoms with Crippen LogP contribution in [-0.4, -0.2) is 65.8 Å². The second-order valence-corrected chi connectivity index (χ2v) is 8.39. The van der Waals surface area contributed by atoms with Crippen molar-refractivity contribution in [3.8, 4) is 5.75 Å². The Labute approximate surface area is 190 Å². The van der Waals surface area contributed by atoms with Gasteiger partial charge in [0.1, 0.15) is 18.2 Å². The van der Waals surface area contributed by atoms with Gasteiger partial charge in [0.15, 0.2) is 11.6 Å². The predicted molar refractivity (Wildman–Crippen MR) is 115 cm³/mol. The summed E-state index contributed by atoms with van der Waals surface area (Å²) in [5.41, 5.74) is 1.29. The van der Waals surface area contributed by atoms with Crippen molar-refractivity contribution < 1.29 is 27.5 Å². The molecule has 2 aliphatic heterocycles. The number of carbonyl (C=O) groups is 2. The first-order valence-electron chi connectivity index (χ1n) is 10.9. The monoisotopic (exact) mass is 461 g/mol. The van der Waals surface area contributed by atoms with Crippen LogP contribution in [0.15, 0.2) is 30.3 Å². The highest BCUT2D eigenvalue weighted by Gasteiger charge is 2.24. The van der Waals surface area contributed by atoms with Gasteiger partial charge in [-0.3, -0.25) is 14.5 Å². The van der Waals surface area contributed by atoms with Crippen molar-refractivity contribution in [1.82, 2.24) is 14.7 Å². The Hall–Kier alpha value is -3.07. The number of hydrogen-bond donors (Lipinski definition) is 0. The molecular weight excluding hydrogens is 435 g/mol. The fourth-order valence-corrected chi connectivity index (χ4v) is 4.23. The van der Waals surface area contributed by atoms with Crippen molar-refractivity contribution in [2.24, 2.45) is 0 Å². The summed E-state index contributed by atoms with van der Waals surface area (Å²) >= 11 is 0. The van der Waals surface area contributed by atoms with E-state index >= 15 is 0 Å². The molecule has 1 fully saturated rings. The molecule has 2 heterocycles. The van der Waals surface area contributed by atoms with E-state index in [9.17, 15) is 22.8 Å². The van der Waals surface area contributed by atoms with Gasteiger partial charge in [-0.2, -0.15) is 0 Å². The molecule has 2 aliphatic rings. The molecule has 0 radical (unpaired) electrons. The zero-order valence-electron chi connectivity index (χ0n) is 18.5. The first kappa shape index (κ1) is 23.1. The SMILES string of the molecule is CC(=O)N1CCN(Cc2ccc3c(c2)CN(C(=O)Cc2c(F)ccc(F)c2F)CCO3)CC1. The molecule has 0 N–H and O–H groups in total. The maximum Gasteiger partial charge on any atom is 0.227 e. The second kappa shape index (κ2) is 9.82. The topological polar surface area (TPSA) is 53.1 Å². The van der Waals surface area contributed by atoms with Gasteiger partial charge in [-0.1, -0.05) is 6.07 Å². The normalized spacial score (nSPS) is 16.7. The third-order valence-electron chi connectivity index (χ3n) is 6.15. The molecule has 2 aromatic rings. The number of benzene rings is 2. The van der Waals surface area contributed by atoms with Gasteiger partial charge in [0.25, 0.3) is 0 Å². The van der Waals surface area contributed by atoms with Crippen molar-refractivity contribution in [2.75, 3.05) is 39.3 Å². The van der Waals surface area contributed by atoms with Crippen LogP contribution in [0, 0.1) is 17.5 Å². The number of amides is 2. The van der Waals surface area contributed by atoms with Crippen molar-refractivity contribution in [2.45, 2.75) is 26.4 Å². The van der Waals surface area contributed by atoms with E-state index in [1.165, 1.54) is 4.90 Å². The van der Waals surface area contributed by atoms with E-state index in [0.29, 0.717) is 31.5 Å². The van der Waals surface area contributed by atoms with Gasteiger partial charge in [0.2, 0.25) is 11.8 Å². The average molecular weight is 461 g/mol. The average Bonchev–Trinajstić information content (AvgIpc) is 3.02. The molecule has 1 saturated heterocycles. The number of carbonyl (C=O) groups excluding carboxylic acids is 2. The minimum atomic E-state index is -1.33. The molecule has 4 rings (SSSR count). The lowest BCUT2D eigenvalue weighted by molar-refractivity contribution is -0.131. The van der Waals surface area contributed by atoms with Gasteiger partial charge >= 0.3 is 0 Å². The maximum absolute atomic E-state index is 14.0. The molecule has 0 unspecified atom stereocenters. The van der Waals surface area contributed by atoms with Crippen molar-refractivity contribution in [3.05, 3.63) is 64.5 Å². The summed E-state index contributed by atoms with van der Waals surface area (Å²) < 4.78 is 47.3. The number of piperazine rings is 1. The van der Waals surface area contributed by atoms with Crippen molar-refractivity contribution in [1.29, 1.82) is 0 Å². The minimum absolute atomic E-state index is 0.0830. The van der Waals surface area contributed by atoms with Gasteiger partial charge in [-0.25, -0.2) is 13.2 Å². The number of halogens is 3. The van der Waals surface area contributed by atoms with Crippen LogP contribution in [-0.2, 0) is 29.1 Å². The Morgan fingerprint density at radius 2 is 1.67 bits per heavy atom. The molecule has 2 aromatic carbocycles. The Kier molecular flexibility index (Phi) is 6.88. The molecule has 0 bridgehead atoms. The number of nitrogens with zero attached hydrogens (tertiary/aromatic N) is 3. The van der Waals surface area contributed by atoms with Crippen LogP contribution in [0.1, 0.15) is 23.6 Å². The number of ether oxygens (including phenoxy) is 1. The molecule has 176 valence electrons. The number of rotatable bonds is 4. The summed E-state index contributed by atoms with van der Waals surface area (Å²) in [6.45, 7) is 5.97. The summed E-state index contributed by atoms with van der Waals surface area (Å²) in [7, 11) is 0. The van der Waals surface area contributed by atoms with Gasteiger partial charge < -0.3 is 14.5 Å². The third kappa shape index (κ3) is 5.30. The van der Waals surface area contributed by atoms with Crippen LogP contribution >= 0.6 is 0 Å². The molecule has 2 amide bonds. The molecule has 0 aliphatic carbocycles. The highest BCUT2D eigenvalue weighted by atomic mass is 19.2. The summed E-state index contributed by atoms with van der Waals surface area (Å²) in [6, 6.07) is 7.35. The van der Waals surface area contributed by atoms with Crippen LogP contribution < -0.4 is 4.74 Å². The van der Waals surface area contributed by atoms with Gasteiger partial charge in [0.05, 0.1) is 13.0 Å². The summed E-state index contributed by atoms with van der Waals surface area (Å²) in [4.78, 5) is 29.9. The van der Waals surface area contributed by atoms with E-state index in [0.717, 1.165) is 30.3 Å². The van der Waals surface area contributed by atoms with Crippen LogP contribution in [0.3, 0.4) is 0 Å². The van der Waals surface area contributed by atoms with E-state index in [1.807, 2.05) is 23.1 Å². The lowest BCUT2D eigenvalue weighted by Gasteiger charge is -2.34. The molecular formula is C24H26F3N3O3. The smallest absolute Gasteiger partial charge is 0.227 e. The van der Waals surface area contributed by atoms with Crippen LogP contribution in [0.25, 0.3) is 0 Å². The van der Waals surface area contributed by atoms with Crippen molar-refractivity contribution in [3.63, 3.8) is 0 Å². The summed E-state index contributed by atoms with van der Waals surface area (Å²) in [5, 5.41) is 0. The molecule has 0 atom stereocenters. The Bertz CT molecular complexity index is 1050. The maximum atomic E-state index is 14.0. The number of fused-ring (bicyclic) bond motifs is 1. The van der Waals surface area contributed by atoms with E-state index < -0.39 is 35.3 Å². The first-order valence-corrected chi connectivity index (χ1v) is 10.9. The highest BCUT2D eigenvalue weighted by molar-refractivity contribution is 5.79. The van der Waals surface area contributed by atoms with Gasteiger partial charge in [-0.15, -0.1) is 0 Å². The fourth-order valence-electron chi connectivity index (χ4n) is 4.23. The second-order valence-electron chi connectivity index (χ2n) is 8.39. The molecule has 0 saturated carbocycles. The lowest BCUT2D eigenvalue weighted by atomic mass is 10.1. The predicted octanol–water partition coefficient (Wildman–Crippen LogP) is 2.73. The zero-order chi connectivity index (χ0) is 23.5. The standard InChI is InChI=1S/C24H26F3N3O3/c1-16(31)29-8-6-28(7-9-29)14-17-2-5-22-18(12-17)15-30(10-11-33-22)23(32)13-19-20(25)3-4-21(26)24(19)27/h2-5,12H,6-11,13-15H2,1H3. The molecule has 9 heteroatoms. The quantitative estimate of drug-likeness (QED) is 0.658. The minimum Gasteiger partial charge on any atom is -0.491 e. The van der Waals surface area contributed by atoms with Gasteiger partial charge in [-0.05, 0) is 29.8 Å². The van der Waals surface area contributed by atoms with E-state index in [4.69, 9.17) is 4.74 Å². The molecule has 33 heavy (non-hydrogen) atoms. The Morgan fingerprint density at radius 1 is 0.939 bits per heavy atom. The van der Waals surface area contributed by atoms with Crippen LogP contribution in [0.5, 0.6) is 5.75 Å². The number of hydrogen-bond acceptors (Lipinski definition) is 4. The van der Waals surface area contributed by atoms with E-state index in [1.54, 1.807) is 6.92 Å². The summed E-state index contributed by atoms with van der Waals surface area (Å²) in [5.74, 6) is -3.21. The molecule has 0 spiro atoms. The van der Waals surface area contributed by atoms with Crippen LogP contribution in [0.2, 0.25) is 0 Å². The van der Waals surface area contributed by atoms with Gasteiger partial charge in [0, 0.05) is 57.3 Å². The van der Waals surface area contributed by atoms with Crippen LogP contribution in [0.4, 0.5) is 13.2 Å². The largest absolute Gasteiger partial charge is 0.491 e. The Morgan fingerprint density at radius 3 is 2.39 bits per heavy atom. The first-order chi connectivity index (χ1) is 15.8. The fraction of sp³-hybridized carbons (Fsp3) is 0.417. The Balaban J connectivity index is 1.44. The zero-order valence-corrected chi connectivity index (χ0v) is 18.5. The highest BCUT2D eigenvalue weighted by Crippen LogP contribution is 2.26. The molecule has 6 nitrogen and oxygen atoms in total. The lowest BCUT2D eigenvalue weighted by Crippen LogP contribution is -2.47. The van der Waals surface area contributed by atoms with E-state index in [-0.39, 0.29) is 25.6 Å². The third-order valence-corrected chi connectivity index (χ3v) is 6.15.